The van der Waals surface area contributed by atoms with E-state index in [4.69, 9.17) is 16.3 Å². The number of nitrogens with one attached hydrogen (secondary N) is 1. The van der Waals surface area contributed by atoms with Crippen molar-refractivity contribution in [2.45, 2.75) is 38.6 Å². The van der Waals surface area contributed by atoms with Gasteiger partial charge in [-0.15, -0.1) is 27.0 Å². The van der Waals surface area contributed by atoms with Gasteiger partial charge in [-0.2, -0.15) is 0 Å². The van der Waals surface area contributed by atoms with Crippen LogP contribution in [0.1, 0.15) is 29.4 Å². The molecule has 1 N–H and O–H groups in total. The molecule has 3 rings (SSSR count). The van der Waals surface area contributed by atoms with Crippen LogP contribution in [0.25, 0.3) is 0 Å². The first-order chi connectivity index (χ1) is 14.4. The number of benzene rings is 1. The van der Waals surface area contributed by atoms with Crippen molar-refractivity contribution in [1.82, 2.24) is 25.0 Å². The Kier molecular flexibility index (Phi) is 7.46. The molecule has 1 amide bonds. The maximum Gasteiger partial charge on any atom is 0.236 e. The lowest BCUT2D eigenvalue weighted by molar-refractivity contribution is -0.113. The Labute approximate surface area is 187 Å². The Morgan fingerprint density at radius 3 is 2.87 bits per heavy atom. The summed E-state index contributed by atoms with van der Waals surface area (Å²) < 4.78 is 7.90. The number of hydrogen-bond donors (Lipinski definition) is 1. The zero-order chi connectivity index (χ0) is 21.7. The molecule has 0 aliphatic rings. The van der Waals surface area contributed by atoms with E-state index in [0.717, 1.165) is 10.6 Å². The van der Waals surface area contributed by atoms with Gasteiger partial charge in [-0.3, -0.25) is 14.7 Å². The summed E-state index contributed by atoms with van der Waals surface area (Å²) in [4.78, 5) is 12.2. The normalized spacial score (nSPS) is 11.9. The number of ether oxygens (including phenoxy) is 1. The van der Waals surface area contributed by atoms with Gasteiger partial charge in [-0.25, -0.2) is 0 Å². The number of rotatable bonds is 9. The Hall–Kier alpha value is -2.43. The van der Waals surface area contributed by atoms with Crippen molar-refractivity contribution in [1.29, 1.82) is 0 Å². The van der Waals surface area contributed by atoms with Gasteiger partial charge in [-0.1, -0.05) is 46.8 Å². The summed E-state index contributed by atoms with van der Waals surface area (Å²) in [5.74, 6) is 1.17. The fraction of sp³-hybridized carbons (Fsp3) is 0.316. The minimum Gasteiger partial charge on any atom is -0.481 e. The van der Waals surface area contributed by atoms with E-state index in [1.165, 1.54) is 23.1 Å². The number of carbonyl (C=O) groups is 1. The number of halogens is 1. The lowest BCUT2D eigenvalue weighted by Gasteiger charge is -2.17. The summed E-state index contributed by atoms with van der Waals surface area (Å²) in [6.45, 7) is 9.96. The van der Waals surface area contributed by atoms with E-state index < -0.39 is 6.10 Å². The molecule has 158 valence electrons. The zero-order valence-electron chi connectivity index (χ0n) is 16.8. The number of aryl methyl sites for hydroxylation is 2. The first-order valence-corrected chi connectivity index (χ1v) is 11.2. The van der Waals surface area contributed by atoms with E-state index >= 15 is 0 Å². The zero-order valence-corrected chi connectivity index (χ0v) is 19.1. The fourth-order valence-corrected chi connectivity index (χ4v) is 4.11. The maximum absolute atomic E-state index is 12.2. The molecule has 11 heteroatoms. The highest BCUT2D eigenvalue weighted by molar-refractivity contribution is 7.99. The second kappa shape index (κ2) is 10.1. The molecule has 1 unspecified atom stereocenters. The van der Waals surface area contributed by atoms with Crippen molar-refractivity contribution >= 4 is 45.7 Å². The van der Waals surface area contributed by atoms with Crippen LogP contribution < -0.4 is 10.1 Å². The molecule has 0 spiro atoms. The minimum absolute atomic E-state index is 0.160. The number of aromatic nitrogens is 5. The summed E-state index contributed by atoms with van der Waals surface area (Å²) in [5.41, 5.74) is 1.04. The van der Waals surface area contributed by atoms with Crippen LogP contribution in [0.5, 0.6) is 5.75 Å². The molecule has 8 nitrogen and oxygen atoms in total. The summed E-state index contributed by atoms with van der Waals surface area (Å²) in [6.07, 6.45) is 1.34. The van der Waals surface area contributed by atoms with Gasteiger partial charge in [0.2, 0.25) is 11.0 Å². The van der Waals surface area contributed by atoms with E-state index in [1.54, 1.807) is 12.1 Å². The quantitative estimate of drug-likeness (QED) is 0.369. The third kappa shape index (κ3) is 5.59. The summed E-state index contributed by atoms with van der Waals surface area (Å²) in [6, 6.07) is 5.60. The van der Waals surface area contributed by atoms with E-state index in [9.17, 15) is 4.79 Å². The van der Waals surface area contributed by atoms with Crippen LogP contribution in [0.15, 0.2) is 36.0 Å². The standard InChI is InChI=1S/C19H21ClN6O2S2/c1-5-8-26-17(12(3)28-15-9-11(2)6-7-14(15)20)23-25-19(26)29-10-16(27)21-18-24-22-13(4)30-18/h5-7,9,12H,1,8,10H2,2-4H3,(H,21,24,27). The molecule has 2 heterocycles. The average molecular weight is 465 g/mol. The maximum atomic E-state index is 12.2. The van der Waals surface area contributed by atoms with Crippen LogP contribution in [0.3, 0.4) is 0 Å². The van der Waals surface area contributed by atoms with E-state index in [-0.39, 0.29) is 11.7 Å². The topological polar surface area (TPSA) is 94.8 Å². The lowest BCUT2D eigenvalue weighted by atomic mass is 10.2. The summed E-state index contributed by atoms with van der Waals surface area (Å²) in [7, 11) is 0. The van der Waals surface area contributed by atoms with E-state index in [2.05, 4.69) is 32.3 Å². The Bertz CT molecular complexity index is 1050. The smallest absolute Gasteiger partial charge is 0.236 e. The van der Waals surface area contributed by atoms with Crippen LogP contribution in [0.4, 0.5) is 5.13 Å². The number of hydrogen-bond acceptors (Lipinski definition) is 8. The number of anilines is 1. The molecule has 30 heavy (non-hydrogen) atoms. The highest BCUT2D eigenvalue weighted by atomic mass is 35.5. The molecule has 0 fully saturated rings. The molecular formula is C19H21ClN6O2S2. The van der Waals surface area contributed by atoms with Gasteiger partial charge >= 0.3 is 0 Å². The van der Waals surface area contributed by atoms with Crippen LogP contribution in [-0.2, 0) is 11.3 Å². The van der Waals surface area contributed by atoms with Gasteiger partial charge in [0.15, 0.2) is 17.1 Å². The average Bonchev–Trinajstić information content (AvgIpc) is 3.29. The first-order valence-electron chi connectivity index (χ1n) is 9.07. The molecule has 0 saturated heterocycles. The van der Waals surface area contributed by atoms with Crippen molar-refractivity contribution in [2.24, 2.45) is 0 Å². The molecule has 0 saturated carbocycles. The van der Waals surface area contributed by atoms with Gasteiger partial charge in [-0.05, 0) is 38.5 Å². The lowest BCUT2D eigenvalue weighted by Crippen LogP contribution is -2.15. The highest BCUT2D eigenvalue weighted by Gasteiger charge is 2.21. The van der Waals surface area contributed by atoms with E-state index in [1.807, 2.05) is 37.5 Å². The van der Waals surface area contributed by atoms with Gasteiger partial charge in [0.25, 0.3) is 0 Å². The van der Waals surface area contributed by atoms with Crippen molar-refractivity contribution in [3.05, 3.63) is 52.3 Å². The Morgan fingerprint density at radius 1 is 1.37 bits per heavy atom. The van der Waals surface area contributed by atoms with Crippen LogP contribution in [-0.4, -0.2) is 36.6 Å². The SMILES string of the molecule is C=CCn1c(SCC(=O)Nc2nnc(C)s2)nnc1C(C)Oc1cc(C)ccc1Cl. The van der Waals surface area contributed by atoms with Crippen LogP contribution in [0, 0.1) is 13.8 Å². The molecule has 3 aromatic rings. The highest BCUT2D eigenvalue weighted by Crippen LogP contribution is 2.30. The molecule has 1 atom stereocenters. The molecule has 2 aromatic heterocycles. The second-order valence-corrected chi connectivity index (χ2v) is 8.93. The van der Waals surface area contributed by atoms with Crippen molar-refractivity contribution < 1.29 is 9.53 Å². The number of carbonyl (C=O) groups excluding carboxylic acids is 1. The minimum atomic E-state index is -0.399. The van der Waals surface area contributed by atoms with Gasteiger partial charge < -0.3 is 4.74 Å². The number of nitrogens with zero attached hydrogens (tertiary/aromatic N) is 5. The molecule has 0 radical (unpaired) electrons. The van der Waals surface area contributed by atoms with Crippen LogP contribution >= 0.6 is 34.7 Å². The van der Waals surface area contributed by atoms with Crippen molar-refractivity contribution in [3.63, 3.8) is 0 Å². The molecular weight excluding hydrogens is 444 g/mol. The Balaban J connectivity index is 1.70. The second-order valence-electron chi connectivity index (χ2n) is 6.40. The van der Waals surface area contributed by atoms with Crippen molar-refractivity contribution in [3.8, 4) is 5.75 Å². The largest absolute Gasteiger partial charge is 0.481 e. The van der Waals surface area contributed by atoms with Crippen molar-refractivity contribution in [2.75, 3.05) is 11.1 Å². The molecule has 1 aromatic carbocycles. The van der Waals surface area contributed by atoms with Crippen LogP contribution in [0.2, 0.25) is 5.02 Å². The third-order valence-corrected chi connectivity index (χ3v) is 5.95. The summed E-state index contributed by atoms with van der Waals surface area (Å²) >= 11 is 8.84. The molecule has 0 aliphatic carbocycles. The van der Waals surface area contributed by atoms with Gasteiger partial charge in [0.1, 0.15) is 10.8 Å². The Morgan fingerprint density at radius 2 is 2.17 bits per heavy atom. The predicted octanol–water partition coefficient (Wildman–Crippen LogP) is 4.46. The van der Waals surface area contributed by atoms with E-state index in [0.29, 0.717) is 33.4 Å². The fourth-order valence-electron chi connectivity index (χ4n) is 2.58. The monoisotopic (exact) mass is 464 g/mol. The number of thioether (sulfide) groups is 1. The van der Waals surface area contributed by atoms with Gasteiger partial charge in [0.05, 0.1) is 10.8 Å². The third-order valence-electron chi connectivity index (χ3n) is 3.92. The van der Waals surface area contributed by atoms with Gasteiger partial charge in [0, 0.05) is 6.54 Å². The molecule has 0 bridgehead atoms. The predicted molar refractivity (Wildman–Crippen MR) is 119 cm³/mol. The molecule has 0 aliphatic heterocycles. The first kappa shape index (κ1) is 22.3. The summed E-state index contributed by atoms with van der Waals surface area (Å²) in [5, 5.41) is 21.4. The number of allylic oxidation sites excluding steroid dienone is 1. The number of amides is 1.